The second kappa shape index (κ2) is 7.19. The van der Waals surface area contributed by atoms with E-state index in [0.29, 0.717) is 6.07 Å². The first-order chi connectivity index (χ1) is 10.9. The quantitative estimate of drug-likeness (QED) is 0.827. The van der Waals surface area contributed by atoms with Gasteiger partial charge >= 0.3 is 6.18 Å². The van der Waals surface area contributed by atoms with Crippen LogP contribution in [0, 0.1) is 11.3 Å². The van der Waals surface area contributed by atoms with Crippen LogP contribution in [0.25, 0.3) is 0 Å². The number of rotatable bonds is 5. The van der Waals surface area contributed by atoms with Gasteiger partial charge in [-0.3, -0.25) is 4.79 Å². The number of amides is 1. The van der Waals surface area contributed by atoms with Crippen LogP contribution in [0.15, 0.2) is 18.2 Å². The van der Waals surface area contributed by atoms with E-state index in [0.717, 1.165) is 19.1 Å². The van der Waals surface area contributed by atoms with Crippen LogP contribution in [0.2, 0.25) is 0 Å². The Morgan fingerprint density at radius 1 is 1.38 bits per heavy atom. The predicted octanol–water partition coefficient (Wildman–Crippen LogP) is 1.70. The number of hydrogen-bond donors (Lipinski definition) is 2. The maximum atomic E-state index is 12.9. The molecule has 0 fully saturated rings. The van der Waals surface area contributed by atoms with Crippen molar-refractivity contribution in [3.63, 3.8) is 0 Å². The zero-order chi connectivity index (χ0) is 18.7. The molecule has 1 rings (SSSR count). The molecular formula is C14H15F3N2O4S. The van der Waals surface area contributed by atoms with Gasteiger partial charge in [0.25, 0.3) is 0 Å². The first-order valence-corrected chi connectivity index (χ1v) is 8.42. The molecule has 132 valence electrons. The zero-order valence-electron chi connectivity index (χ0n) is 12.8. The topological polar surface area (TPSA) is 107 Å². The van der Waals surface area contributed by atoms with Gasteiger partial charge in [0, 0.05) is 5.69 Å². The van der Waals surface area contributed by atoms with Crippen molar-refractivity contribution >= 4 is 21.4 Å². The van der Waals surface area contributed by atoms with Gasteiger partial charge in [-0.05, 0) is 32.0 Å². The Morgan fingerprint density at radius 3 is 2.42 bits per heavy atom. The molecule has 1 aromatic rings. The van der Waals surface area contributed by atoms with Gasteiger partial charge in [0.2, 0.25) is 5.91 Å². The molecule has 0 radical (unpaired) electrons. The summed E-state index contributed by atoms with van der Waals surface area (Å²) >= 11 is 0. The first kappa shape index (κ1) is 19.9. The molecule has 0 saturated heterocycles. The molecule has 0 spiro atoms. The molecule has 2 atom stereocenters. The van der Waals surface area contributed by atoms with Crippen molar-refractivity contribution in [2.45, 2.75) is 31.4 Å². The summed E-state index contributed by atoms with van der Waals surface area (Å²) in [5, 5.41) is 18.3. The van der Waals surface area contributed by atoms with Crippen LogP contribution < -0.4 is 5.32 Å². The highest BCUT2D eigenvalue weighted by Crippen LogP contribution is 2.33. The number of halogens is 3. The van der Waals surface area contributed by atoms with E-state index in [1.165, 1.54) is 13.0 Å². The molecule has 0 saturated carbocycles. The van der Waals surface area contributed by atoms with Crippen LogP contribution in [-0.4, -0.2) is 36.5 Å². The lowest BCUT2D eigenvalue weighted by molar-refractivity contribution is -0.137. The number of alkyl halides is 3. The molecule has 10 heteroatoms. The lowest BCUT2D eigenvalue weighted by atomic mass is 10.1. The molecule has 0 aliphatic heterocycles. The second-order valence-corrected chi connectivity index (χ2v) is 7.55. The molecule has 1 amide bonds. The van der Waals surface area contributed by atoms with Gasteiger partial charge in [-0.1, -0.05) is 0 Å². The third kappa shape index (κ3) is 4.94. The summed E-state index contributed by atoms with van der Waals surface area (Å²) in [6.07, 6.45) is -5.98. The number of hydrogen-bond acceptors (Lipinski definition) is 5. The molecule has 2 unspecified atom stereocenters. The molecule has 0 aromatic heterocycles. The van der Waals surface area contributed by atoms with E-state index >= 15 is 0 Å². The molecule has 0 heterocycles. The lowest BCUT2D eigenvalue weighted by Crippen LogP contribution is -2.36. The number of nitriles is 1. The predicted molar refractivity (Wildman–Crippen MR) is 79.7 cm³/mol. The molecule has 0 aliphatic rings. The Kier molecular flexibility index (Phi) is 5.97. The largest absolute Gasteiger partial charge is 0.417 e. The van der Waals surface area contributed by atoms with Crippen molar-refractivity contribution in [3.8, 4) is 6.07 Å². The summed E-state index contributed by atoms with van der Waals surface area (Å²) in [7, 11) is -3.97. The van der Waals surface area contributed by atoms with Crippen molar-refractivity contribution < 1.29 is 31.5 Å². The number of sulfone groups is 1. The maximum absolute atomic E-state index is 12.9. The number of benzene rings is 1. The van der Waals surface area contributed by atoms with Crippen LogP contribution in [0.3, 0.4) is 0 Å². The Labute approximate surface area is 136 Å². The fourth-order valence-corrected chi connectivity index (χ4v) is 3.19. The Morgan fingerprint density at radius 2 is 1.96 bits per heavy atom. The first-order valence-electron chi connectivity index (χ1n) is 6.70. The van der Waals surface area contributed by atoms with Crippen LogP contribution in [-0.2, 0) is 20.8 Å². The number of carbonyl (C=O) groups is 1. The molecular weight excluding hydrogens is 349 g/mol. The third-order valence-electron chi connectivity index (χ3n) is 3.09. The Balaban J connectivity index is 3.06. The fourth-order valence-electron chi connectivity index (χ4n) is 1.84. The van der Waals surface area contributed by atoms with Gasteiger partial charge in [0.15, 0.2) is 9.84 Å². The van der Waals surface area contributed by atoms with Crippen LogP contribution >= 0.6 is 0 Å². The Hall–Kier alpha value is -2.12. The zero-order valence-corrected chi connectivity index (χ0v) is 13.6. The monoisotopic (exact) mass is 364 g/mol. The minimum absolute atomic E-state index is 0.287. The van der Waals surface area contributed by atoms with Crippen LogP contribution in [0.1, 0.15) is 25.0 Å². The van der Waals surface area contributed by atoms with Crippen LogP contribution in [0.4, 0.5) is 18.9 Å². The van der Waals surface area contributed by atoms with Gasteiger partial charge in [-0.15, -0.1) is 0 Å². The van der Waals surface area contributed by atoms with E-state index < -0.39 is 50.2 Å². The van der Waals surface area contributed by atoms with E-state index in [2.05, 4.69) is 5.32 Å². The average Bonchev–Trinajstić information content (AvgIpc) is 2.44. The highest BCUT2D eigenvalue weighted by atomic mass is 32.2. The third-order valence-corrected chi connectivity index (χ3v) is 5.33. The van der Waals surface area contributed by atoms with E-state index in [1.54, 1.807) is 0 Å². The minimum Gasteiger partial charge on any atom is -0.392 e. The van der Waals surface area contributed by atoms with Gasteiger partial charge in [-0.25, -0.2) is 8.42 Å². The SMILES string of the molecule is CC(O)CS(=O)(=O)C(C)C(=O)Nc1ccc(C#N)c(C(F)(F)F)c1. The number of aliphatic hydroxyl groups is 1. The summed E-state index contributed by atoms with van der Waals surface area (Å²) in [5.41, 5.74) is -2.14. The number of nitrogens with one attached hydrogen (secondary N) is 1. The molecule has 24 heavy (non-hydrogen) atoms. The fraction of sp³-hybridized carbons (Fsp3) is 0.429. The van der Waals surface area contributed by atoms with Crippen molar-refractivity contribution in [2.75, 3.05) is 11.1 Å². The second-order valence-electron chi connectivity index (χ2n) is 5.18. The van der Waals surface area contributed by atoms with Gasteiger partial charge < -0.3 is 10.4 Å². The Bertz CT molecular complexity index is 767. The molecule has 2 N–H and O–H groups in total. The van der Waals surface area contributed by atoms with Crippen molar-refractivity contribution in [1.82, 2.24) is 0 Å². The number of anilines is 1. The van der Waals surface area contributed by atoms with Crippen molar-refractivity contribution in [2.24, 2.45) is 0 Å². The van der Waals surface area contributed by atoms with Crippen molar-refractivity contribution in [1.29, 1.82) is 5.26 Å². The maximum Gasteiger partial charge on any atom is 0.417 e. The summed E-state index contributed by atoms with van der Waals surface area (Å²) in [5.74, 6) is -1.68. The van der Waals surface area contributed by atoms with Gasteiger partial charge in [0.1, 0.15) is 5.25 Å². The minimum atomic E-state index is -4.80. The average molecular weight is 364 g/mol. The van der Waals surface area contributed by atoms with Crippen LogP contribution in [0.5, 0.6) is 0 Å². The summed E-state index contributed by atoms with van der Waals surface area (Å²) in [6.45, 7) is 2.31. The van der Waals surface area contributed by atoms with E-state index in [4.69, 9.17) is 10.4 Å². The molecule has 0 bridgehead atoms. The summed E-state index contributed by atoms with van der Waals surface area (Å²) < 4.78 is 62.3. The van der Waals surface area contributed by atoms with Gasteiger partial charge in [0.05, 0.1) is 29.1 Å². The molecule has 1 aromatic carbocycles. The van der Waals surface area contributed by atoms with Crippen molar-refractivity contribution in [3.05, 3.63) is 29.3 Å². The normalized spacial score (nSPS) is 14.5. The van der Waals surface area contributed by atoms with E-state index in [-0.39, 0.29) is 5.69 Å². The molecule has 6 nitrogen and oxygen atoms in total. The standard InChI is InChI=1S/C14H15F3N2O4S/c1-8(20)7-24(22,23)9(2)13(21)19-11-4-3-10(6-18)12(5-11)14(15,16)17/h3-5,8-9,20H,7H2,1-2H3,(H,19,21). The number of carbonyl (C=O) groups excluding carboxylic acids is 1. The number of nitrogens with zero attached hydrogens (tertiary/aromatic N) is 1. The summed E-state index contributed by atoms with van der Waals surface area (Å²) in [4.78, 5) is 11.9. The lowest BCUT2D eigenvalue weighted by Gasteiger charge is -2.15. The summed E-state index contributed by atoms with van der Waals surface area (Å²) in [6, 6.07) is 3.91. The van der Waals surface area contributed by atoms with E-state index in [1.807, 2.05) is 0 Å². The number of aliphatic hydroxyl groups excluding tert-OH is 1. The van der Waals surface area contributed by atoms with Gasteiger partial charge in [-0.2, -0.15) is 18.4 Å². The highest BCUT2D eigenvalue weighted by molar-refractivity contribution is 7.92. The molecule has 0 aliphatic carbocycles. The smallest absolute Gasteiger partial charge is 0.392 e. The van der Waals surface area contributed by atoms with E-state index in [9.17, 15) is 26.4 Å². The highest BCUT2D eigenvalue weighted by Gasteiger charge is 2.34.